The van der Waals surface area contributed by atoms with Crippen LogP contribution in [0.25, 0.3) is 0 Å². The van der Waals surface area contributed by atoms with Crippen LogP contribution >= 0.6 is 15.9 Å². The topological polar surface area (TPSA) is 65.6 Å². The third kappa shape index (κ3) is 2.02. The van der Waals surface area contributed by atoms with E-state index in [9.17, 15) is 4.79 Å². The van der Waals surface area contributed by atoms with Gasteiger partial charge in [-0.25, -0.2) is 4.68 Å². The van der Waals surface area contributed by atoms with E-state index in [1.54, 1.807) is 24.8 Å². The summed E-state index contributed by atoms with van der Waals surface area (Å²) < 4.78 is 3.48. The molecule has 0 N–H and O–H groups in total. The number of ketones is 1. The van der Waals surface area contributed by atoms with Gasteiger partial charge in [0.15, 0.2) is 4.60 Å². The lowest BCUT2D eigenvalue weighted by molar-refractivity contribution is 0.102. The predicted octanol–water partition coefficient (Wildman–Crippen LogP) is 1.10. The quantitative estimate of drug-likeness (QED) is 0.796. The molecule has 2 aromatic rings. The van der Waals surface area contributed by atoms with Crippen molar-refractivity contribution in [2.24, 2.45) is 14.1 Å². The van der Waals surface area contributed by atoms with Gasteiger partial charge in [0.2, 0.25) is 5.78 Å². The normalized spacial score (nSPS) is 10.8. The van der Waals surface area contributed by atoms with E-state index in [1.807, 2.05) is 6.92 Å². The van der Waals surface area contributed by atoms with Gasteiger partial charge in [0, 0.05) is 14.1 Å². The predicted molar refractivity (Wildman–Crippen MR) is 64.7 cm³/mol. The second kappa shape index (κ2) is 4.40. The lowest BCUT2D eigenvalue weighted by atomic mass is 10.2. The van der Waals surface area contributed by atoms with Crippen LogP contribution in [0.15, 0.2) is 10.7 Å². The van der Waals surface area contributed by atoms with Gasteiger partial charge in [0.05, 0.1) is 5.69 Å². The van der Waals surface area contributed by atoms with E-state index < -0.39 is 0 Å². The molecule has 0 aliphatic rings. The minimum atomic E-state index is -0.140. The molecule has 6 nitrogen and oxygen atoms in total. The maximum atomic E-state index is 12.3. The first kappa shape index (κ1) is 12.0. The van der Waals surface area contributed by atoms with Crippen LogP contribution < -0.4 is 0 Å². The monoisotopic (exact) mass is 297 g/mol. The van der Waals surface area contributed by atoms with Crippen LogP contribution in [-0.2, 0) is 20.5 Å². The van der Waals surface area contributed by atoms with Crippen molar-refractivity contribution in [2.45, 2.75) is 13.3 Å². The van der Waals surface area contributed by atoms with Crippen LogP contribution in [0.3, 0.4) is 0 Å². The Kier molecular flexibility index (Phi) is 3.10. The van der Waals surface area contributed by atoms with Crippen molar-refractivity contribution in [1.29, 1.82) is 0 Å². The van der Waals surface area contributed by atoms with E-state index in [-0.39, 0.29) is 5.78 Å². The van der Waals surface area contributed by atoms with Crippen LogP contribution in [0.5, 0.6) is 0 Å². The van der Waals surface area contributed by atoms with Crippen LogP contribution in [0.2, 0.25) is 0 Å². The van der Waals surface area contributed by atoms with E-state index >= 15 is 0 Å². The van der Waals surface area contributed by atoms with E-state index in [4.69, 9.17) is 0 Å². The third-order valence-corrected chi connectivity index (χ3v) is 3.06. The summed E-state index contributed by atoms with van der Waals surface area (Å²) in [6.07, 6.45) is 0.798. The molecular formula is C10H12BrN5O. The number of rotatable bonds is 3. The number of halogens is 1. The molecule has 0 bridgehead atoms. The molecule has 0 radical (unpaired) electrons. The molecule has 0 fully saturated rings. The Hall–Kier alpha value is -1.50. The highest BCUT2D eigenvalue weighted by molar-refractivity contribution is 9.10. The molecule has 90 valence electrons. The number of carbonyl (C=O) groups is 1. The van der Waals surface area contributed by atoms with Crippen molar-refractivity contribution in [2.75, 3.05) is 0 Å². The number of hydrogen-bond acceptors (Lipinski definition) is 4. The summed E-state index contributed by atoms with van der Waals surface area (Å²) in [5, 5.41) is 11.8. The first-order chi connectivity index (χ1) is 8.04. The van der Waals surface area contributed by atoms with E-state index in [0.717, 1.165) is 12.1 Å². The first-order valence-electron chi connectivity index (χ1n) is 5.17. The number of aryl methyl sites for hydroxylation is 3. The number of nitrogens with zero attached hydrogens (tertiary/aromatic N) is 5. The second-order valence-electron chi connectivity index (χ2n) is 3.68. The molecule has 17 heavy (non-hydrogen) atoms. The van der Waals surface area contributed by atoms with Crippen molar-refractivity contribution < 1.29 is 4.79 Å². The number of hydrogen-bond donors (Lipinski definition) is 0. The second-order valence-corrected chi connectivity index (χ2v) is 4.43. The molecule has 0 atom stereocenters. The average molecular weight is 298 g/mol. The van der Waals surface area contributed by atoms with Crippen molar-refractivity contribution in [3.8, 4) is 0 Å². The Morgan fingerprint density at radius 1 is 1.41 bits per heavy atom. The van der Waals surface area contributed by atoms with Gasteiger partial charge in [0.25, 0.3) is 0 Å². The zero-order valence-corrected chi connectivity index (χ0v) is 11.4. The lowest BCUT2D eigenvalue weighted by Crippen LogP contribution is -2.13. The summed E-state index contributed by atoms with van der Waals surface area (Å²) in [7, 11) is 3.44. The maximum absolute atomic E-state index is 12.3. The maximum Gasteiger partial charge on any atom is 0.231 e. The average Bonchev–Trinajstić information content (AvgIpc) is 2.82. The molecule has 7 heteroatoms. The molecule has 0 aliphatic carbocycles. The third-order valence-electron chi connectivity index (χ3n) is 2.53. The zero-order chi connectivity index (χ0) is 12.6. The number of aromatic nitrogens is 5. The highest BCUT2D eigenvalue weighted by Crippen LogP contribution is 2.17. The molecule has 0 saturated heterocycles. The summed E-state index contributed by atoms with van der Waals surface area (Å²) in [5.74, 6) is -0.140. The minimum Gasteiger partial charge on any atom is -0.285 e. The Morgan fingerprint density at radius 3 is 2.59 bits per heavy atom. The number of carbonyl (C=O) groups excluding carboxylic acids is 1. The van der Waals surface area contributed by atoms with Crippen LogP contribution in [0.4, 0.5) is 0 Å². The van der Waals surface area contributed by atoms with Crippen LogP contribution in [0.1, 0.15) is 28.8 Å². The van der Waals surface area contributed by atoms with E-state index in [2.05, 4.69) is 31.3 Å². The SMILES string of the molecule is CCc1cc(C(=O)c2c(Br)nnn2C)n(C)n1. The summed E-state index contributed by atoms with van der Waals surface area (Å²) in [4.78, 5) is 12.3. The molecule has 0 unspecified atom stereocenters. The fourth-order valence-electron chi connectivity index (χ4n) is 1.61. The Balaban J connectivity index is 2.47. The lowest BCUT2D eigenvalue weighted by Gasteiger charge is -2.01. The highest BCUT2D eigenvalue weighted by atomic mass is 79.9. The summed E-state index contributed by atoms with van der Waals surface area (Å²) in [6, 6.07) is 1.79. The Labute approximate surface area is 107 Å². The summed E-state index contributed by atoms with van der Waals surface area (Å²) in [5.41, 5.74) is 1.85. The van der Waals surface area contributed by atoms with E-state index in [0.29, 0.717) is 16.0 Å². The molecule has 0 spiro atoms. The van der Waals surface area contributed by atoms with Crippen molar-refractivity contribution >= 4 is 21.7 Å². The van der Waals surface area contributed by atoms with Crippen molar-refractivity contribution in [1.82, 2.24) is 24.8 Å². The standard InChI is InChI=1S/C10H12BrN5O/c1-4-6-5-7(15(2)13-6)9(17)8-10(11)12-14-16(8)3/h5H,4H2,1-3H3. The molecule has 2 heterocycles. The van der Waals surface area contributed by atoms with Crippen LogP contribution in [0, 0.1) is 0 Å². The van der Waals surface area contributed by atoms with Gasteiger partial charge in [-0.05, 0) is 28.4 Å². The molecular weight excluding hydrogens is 286 g/mol. The zero-order valence-electron chi connectivity index (χ0n) is 9.81. The van der Waals surface area contributed by atoms with Gasteiger partial charge in [0.1, 0.15) is 11.4 Å². The van der Waals surface area contributed by atoms with Gasteiger partial charge in [-0.15, -0.1) is 5.10 Å². The van der Waals surface area contributed by atoms with Gasteiger partial charge in [-0.3, -0.25) is 9.48 Å². The molecule has 0 aromatic carbocycles. The molecule has 2 rings (SSSR count). The Bertz CT molecular complexity index is 552. The van der Waals surface area contributed by atoms with Gasteiger partial charge < -0.3 is 0 Å². The molecule has 0 amide bonds. The first-order valence-corrected chi connectivity index (χ1v) is 5.96. The minimum absolute atomic E-state index is 0.140. The van der Waals surface area contributed by atoms with E-state index in [1.165, 1.54) is 4.68 Å². The molecule has 2 aromatic heterocycles. The van der Waals surface area contributed by atoms with Gasteiger partial charge >= 0.3 is 0 Å². The molecule has 0 aliphatic heterocycles. The molecule has 0 saturated carbocycles. The van der Waals surface area contributed by atoms with Crippen LogP contribution in [-0.4, -0.2) is 30.6 Å². The smallest absolute Gasteiger partial charge is 0.231 e. The Morgan fingerprint density at radius 2 is 2.12 bits per heavy atom. The summed E-state index contributed by atoms with van der Waals surface area (Å²) >= 11 is 3.22. The summed E-state index contributed by atoms with van der Waals surface area (Å²) in [6.45, 7) is 2.00. The largest absolute Gasteiger partial charge is 0.285 e. The van der Waals surface area contributed by atoms with Crippen molar-refractivity contribution in [3.63, 3.8) is 0 Å². The fraction of sp³-hybridized carbons (Fsp3) is 0.400. The van der Waals surface area contributed by atoms with Crippen molar-refractivity contribution in [3.05, 3.63) is 27.8 Å². The fourth-order valence-corrected chi connectivity index (χ4v) is 2.11. The van der Waals surface area contributed by atoms with Gasteiger partial charge in [-0.1, -0.05) is 12.1 Å². The van der Waals surface area contributed by atoms with Gasteiger partial charge in [-0.2, -0.15) is 5.10 Å². The highest BCUT2D eigenvalue weighted by Gasteiger charge is 2.22.